The maximum absolute atomic E-state index is 13.0. The van der Waals surface area contributed by atoms with Crippen LogP contribution in [-0.2, 0) is 10.0 Å². The van der Waals surface area contributed by atoms with Gasteiger partial charge in [0.25, 0.3) is 0 Å². The monoisotopic (exact) mass is 509 g/mol. The number of rotatable bonds is 8. The number of pyridine rings is 1. The zero-order valence-corrected chi connectivity index (χ0v) is 19.0. The zero-order chi connectivity index (χ0) is 22.0. The molecule has 1 aliphatic heterocycles. The summed E-state index contributed by atoms with van der Waals surface area (Å²) >= 11 is 3.40. The van der Waals surface area contributed by atoms with E-state index < -0.39 is 15.8 Å². The fourth-order valence-corrected chi connectivity index (χ4v) is 4.43. The van der Waals surface area contributed by atoms with Crippen LogP contribution in [0.4, 0.5) is 21.8 Å². The molecule has 0 unspecified atom stereocenters. The third-order valence-electron chi connectivity index (χ3n) is 4.86. The highest BCUT2D eigenvalue weighted by Crippen LogP contribution is 2.26. The van der Waals surface area contributed by atoms with Crippen LogP contribution in [0.1, 0.15) is 0 Å². The second kappa shape index (κ2) is 8.89. The number of anilines is 3. The minimum absolute atomic E-state index is 0.119. The Morgan fingerprint density at radius 2 is 1.97 bits per heavy atom. The summed E-state index contributed by atoms with van der Waals surface area (Å²) in [6, 6.07) is 7.37. The lowest BCUT2D eigenvalue weighted by Crippen LogP contribution is -2.57. The summed E-state index contributed by atoms with van der Waals surface area (Å²) in [5.74, 6) is 0.430. The number of benzene rings is 1. The van der Waals surface area contributed by atoms with Crippen molar-refractivity contribution in [1.82, 2.24) is 20.3 Å². The molecule has 2 aromatic heterocycles. The molecule has 0 radical (unpaired) electrons. The van der Waals surface area contributed by atoms with Crippen LogP contribution in [0.15, 0.2) is 41.0 Å². The van der Waals surface area contributed by atoms with Crippen LogP contribution in [-0.4, -0.2) is 61.8 Å². The molecule has 0 saturated carbocycles. The molecule has 9 nitrogen and oxygen atoms in total. The van der Waals surface area contributed by atoms with E-state index in [9.17, 15) is 12.8 Å². The molecular formula is C19H21BrFN7O2S. The van der Waals surface area contributed by atoms with Gasteiger partial charge in [-0.05, 0) is 53.3 Å². The number of aromatic nitrogens is 3. The molecular weight excluding hydrogens is 489 g/mol. The van der Waals surface area contributed by atoms with E-state index in [4.69, 9.17) is 0 Å². The first kappa shape index (κ1) is 21.7. The van der Waals surface area contributed by atoms with Gasteiger partial charge in [0.15, 0.2) is 5.65 Å². The molecule has 1 saturated heterocycles. The third-order valence-corrected chi connectivity index (χ3v) is 6.58. The maximum Gasteiger partial charge on any atom is 0.234 e. The Hall–Kier alpha value is -2.57. The van der Waals surface area contributed by atoms with Gasteiger partial charge in [0.05, 0.1) is 11.1 Å². The van der Waals surface area contributed by atoms with Crippen molar-refractivity contribution < 1.29 is 12.8 Å². The molecule has 0 amide bonds. The number of nitrogens with zero attached hydrogens (tertiary/aromatic N) is 4. The van der Waals surface area contributed by atoms with Crippen LogP contribution < -0.4 is 20.3 Å². The average molecular weight is 510 g/mol. The summed E-state index contributed by atoms with van der Waals surface area (Å²) in [4.78, 5) is 15.5. The van der Waals surface area contributed by atoms with Crippen LogP contribution in [0.3, 0.4) is 0 Å². The maximum atomic E-state index is 13.0. The highest BCUT2D eigenvalue weighted by molar-refractivity contribution is 9.10. The summed E-state index contributed by atoms with van der Waals surface area (Å²) in [7, 11) is -1.72. The number of hydrogen-bond donors (Lipinski definition) is 3. The Labute approximate surface area is 187 Å². The predicted molar refractivity (Wildman–Crippen MR) is 122 cm³/mol. The lowest BCUT2D eigenvalue weighted by Gasteiger charge is -2.39. The fraction of sp³-hybridized carbons (Fsp3) is 0.316. The molecule has 1 aliphatic rings. The van der Waals surface area contributed by atoms with Crippen molar-refractivity contribution in [2.45, 2.75) is 6.04 Å². The lowest BCUT2D eigenvalue weighted by molar-refractivity contribution is 0.444. The largest absolute Gasteiger partial charge is 0.368 e. The van der Waals surface area contributed by atoms with Crippen molar-refractivity contribution in [2.75, 3.05) is 47.4 Å². The van der Waals surface area contributed by atoms with Crippen molar-refractivity contribution in [3.05, 3.63) is 46.8 Å². The number of likely N-dealkylation sites (N-methyl/N-ethyl adjacent to an activating group) is 1. The minimum Gasteiger partial charge on any atom is -0.368 e. The Morgan fingerprint density at radius 3 is 2.68 bits per heavy atom. The van der Waals surface area contributed by atoms with Crippen molar-refractivity contribution in [3.8, 4) is 0 Å². The molecule has 0 spiro atoms. The molecule has 1 fully saturated rings. The van der Waals surface area contributed by atoms with Crippen LogP contribution in [0.25, 0.3) is 11.0 Å². The van der Waals surface area contributed by atoms with E-state index in [-0.39, 0.29) is 12.3 Å². The molecule has 1 aromatic carbocycles. The van der Waals surface area contributed by atoms with Crippen molar-refractivity contribution in [2.24, 2.45) is 0 Å². The van der Waals surface area contributed by atoms with Gasteiger partial charge >= 0.3 is 0 Å². The summed E-state index contributed by atoms with van der Waals surface area (Å²) in [5.41, 5.74) is 0.831. The molecule has 0 aliphatic carbocycles. The van der Waals surface area contributed by atoms with Gasteiger partial charge in [0.1, 0.15) is 11.6 Å². The Morgan fingerprint density at radius 1 is 1.23 bits per heavy atom. The second-order valence-electron chi connectivity index (χ2n) is 7.14. The van der Waals surface area contributed by atoms with Crippen molar-refractivity contribution in [1.29, 1.82) is 0 Å². The molecule has 12 heteroatoms. The first-order valence-corrected chi connectivity index (χ1v) is 12.0. The Kier molecular flexibility index (Phi) is 6.21. The molecule has 3 aromatic rings. The number of sulfonamides is 1. The average Bonchev–Trinajstić information content (AvgIpc) is 2.69. The van der Waals surface area contributed by atoms with Gasteiger partial charge in [-0.1, -0.05) is 0 Å². The zero-order valence-electron chi connectivity index (χ0n) is 16.6. The summed E-state index contributed by atoms with van der Waals surface area (Å²) in [6.45, 7) is 1.69. The van der Waals surface area contributed by atoms with E-state index in [1.807, 2.05) is 18.0 Å². The number of halogens is 2. The SMILES string of the molecule is CNC1CN(c2nc(NCCS(=O)(=O)Nc3ccc(F)cc3)c3cc(Br)cnc3n2)C1. The third kappa shape index (κ3) is 5.20. The lowest BCUT2D eigenvalue weighted by atomic mass is 10.1. The summed E-state index contributed by atoms with van der Waals surface area (Å²) in [5, 5.41) is 6.99. The van der Waals surface area contributed by atoms with E-state index in [0.29, 0.717) is 34.5 Å². The predicted octanol–water partition coefficient (Wildman–Crippen LogP) is 2.19. The van der Waals surface area contributed by atoms with Crippen LogP contribution in [0, 0.1) is 5.82 Å². The van der Waals surface area contributed by atoms with Gasteiger partial charge in [-0.15, -0.1) is 0 Å². The molecule has 3 N–H and O–H groups in total. The van der Waals surface area contributed by atoms with E-state index in [1.165, 1.54) is 24.3 Å². The number of hydrogen-bond acceptors (Lipinski definition) is 8. The van der Waals surface area contributed by atoms with E-state index in [2.05, 4.69) is 46.2 Å². The van der Waals surface area contributed by atoms with Gasteiger partial charge in [-0.3, -0.25) is 4.72 Å². The smallest absolute Gasteiger partial charge is 0.234 e. The van der Waals surface area contributed by atoms with Crippen LogP contribution in [0.5, 0.6) is 0 Å². The Balaban J connectivity index is 1.49. The molecule has 0 bridgehead atoms. The topological polar surface area (TPSA) is 112 Å². The molecule has 164 valence electrons. The van der Waals surface area contributed by atoms with E-state index >= 15 is 0 Å². The minimum atomic E-state index is -3.63. The van der Waals surface area contributed by atoms with Gasteiger partial charge < -0.3 is 15.5 Å². The van der Waals surface area contributed by atoms with E-state index in [1.54, 1.807) is 6.20 Å². The quantitative estimate of drug-likeness (QED) is 0.423. The molecule has 4 rings (SSSR count). The second-order valence-corrected chi connectivity index (χ2v) is 9.90. The number of nitrogens with one attached hydrogen (secondary N) is 3. The highest BCUT2D eigenvalue weighted by Gasteiger charge is 2.28. The van der Waals surface area contributed by atoms with Gasteiger partial charge in [0, 0.05) is 42.0 Å². The van der Waals surface area contributed by atoms with Crippen molar-refractivity contribution >= 4 is 54.4 Å². The van der Waals surface area contributed by atoms with Crippen molar-refractivity contribution in [3.63, 3.8) is 0 Å². The van der Waals surface area contributed by atoms with Gasteiger partial charge in [-0.2, -0.15) is 9.97 Å². The molecule has 0 atom stereocenters. The number of fused-ring (bicyclic) bond motifs is 1. The summed E-state index contributed by atoms with van der Waals surface area (Å²) in [6.07, 6.45) is 1.66. The highest BCUT2D eigenvalue weighted by atomic mass is 79.9. The molecule has 3 heterocycles. The van der Waals surface area contributed by atoms with Crippen LogP contribution in [0.2, 0.25) is 0 Å². The van der Waals surface area contributed by atoms with Gasteiger partial charge in [-0.25, -0.2) is 17.8 Å². The van der Waals surface area contributed by atoms with Crippen LogP contribution >= 0.6 is 15.9 Å². The standard InChI is InChI=1S/C19H21BrFN7O2S/c1-22-15-10-28(11-15)19-25-17(16-8-12(20)9-24-18(16)26-19)23-6-7-31(29,30)27-14-4-2-13(21)3-5-14/h2-5,8-9,15,22,27H,6-7,10-11H2,1H3,(H,23,24,25,26). The van der Waals surface area contributed by atoms with E-state index in [0.717, 1.165) is 17.6 Å². The molecule has 31 heavy (non-hydrogen) atoms. The fourth-order valence-electron chi connectivity index (χ4n) is 3.13. The Bertz CT molecular complexity index is 1190. The summed E-state index contributed by atoms with van der Waals surface area (Å²) < 4.78 is 41.0. The first-order chi connectivity index (χ1) is 14.8. The van der Waals surface area contributed by atoms with Gasteiger partial charge in [0.2, 0.25) is 16.0 Å². The normalized spacial score (nSPS) is 14.5. The first-order valence-electron chi connectivity index (χ1n) is 9.58.